The van der Waals surface area contributed by atoms with Crippen molar-refractivity contribution in [2.24, 2.45) is 0 Å². The summed E-state index contributed by atoms with van der Waals surface area (Å²) >= 11 is 4.84. The van der Waals surface area contributed by atoms with Crippen molar-refractivity contribution in [3.8, 4) is 0 Å². The number of amides is 1. The number of hydrogen-bond donors (Lipinski definition) is 1. The first-order valence-electron chi connectivity index (χ1n) is 6.67. The summed E-state index contributed by atoms with van der Waals surface area (Å²) in [6, 6.07) is 3.59. The van der Waals surface area contributed by atoms with Gasteiger partial charge in [-0.25, -0.2) is 4.98 Å². The molecule has 7 heteroatoms. The lowest BCUT2D eigenvalue weighted by atomic mass is 10.4. The number of halogens is 1. The number of carbonyl (C=O) groups is 1. The lowest BCUT2D eigenvalue weighted by molar-refractivity contribution is 0.0942. The van der Waals surface area contributed by atoms with Gasteiger partial charge in [0.2, 0.25) is 0 Å². The van der Waals surface area contributed by atoms with Crippen LogP contribution in [0.4, 0.5) is 0 Å². The predicted octanol–water partition coefficient (Wildman–Crippen LogP) is 3.88. The summed E-state index contributed by atoms with van der Waals surface area (Å²) < 4.78 is 8.04. The fourth-order valence-electron chi connectivity index (χ4n) is 2.26. The third-order valence-corrected chi connectivity index (χ3v) is 4.53. The quantitative estimate of drug-likeness (QED) is 0.684. The summed E-state index contributed by atoms with van der Waals surface area (Å²) in [4.78, 5) is 16.8. The van der Waals surface area contributed by atoms with E-state index in [0.717, 1.165) is 16.2 Å². The Morgan fingerprint density at radius 3 is 3.09 bits per heavy atom. The molecule has 0 bridgehead atoms. The van der Waals surface area contributed by atoms with Crippen LogP contribution in [0.3, 0.4) is 0 Å². The molecule has 0 aliphatic carbocycles. The molecule has 3 aromatic rings. The number of carbonyl (C=O) groups excluding carboxylic acids is 1. The average Bonchev–Trinajstić information content (AvgIpc) is 3.13. The third kappa shape index (κ3) is 2.86. The van der Waals surface area contributed by atoms with E-state index in [4.69, 9.17) is 4.42 Å². The molecular weight excluding hydrogens is 366 g/mol. The first-order chi connectivity index (χ1) is 10.6. The van der Waals surface area contributed by atoms with Gasteiger partial charge in [-0.15, -0.1) is 17.9 Å². The molecule has 0 aliphatic rings. The van der Waals surface area contributed by atoms with Crippen LogP contribution in [-0.4, -0.2) is 15.5 Å². The maximum absolute atomic E-state index is 12.4. The summed E-state index contributed by atoms with van der Waals surface area (Å²) in [7, 11) is 0. The zero-order valence-electron chi connectivity index (χ0n) is 11.9. The van der Waals surface area contributed by atoms with Crippen molar-refractivity contribution in [1.82, 2.24) is 14.9 Å². The van der Waals surface area contributed by atoms with Gasteiger partial charge < -0.3 is 14.3 Å². The highest BCUT2D eigenvalue weighted by molar-refractivity contribution is 9.10. The van der Waals surface area contributed by atoms with Gasteiger partial charge in [0, 0.05) is 29.8 Å². The van der Waals surface area contributed by atoms with Crippen LogP contribution in [0, 0.1) is 6.92 Å². The monoisotopic (exact) mass is 379 g/mol. The molecule has 0 aromatic carbocycles. The van der Waals surface area contributed by atoms with Crippen LogP contribution in [0.25, 0.3) is 11.1 Å². The van der Waals surface area contributed by atoms with Gasteiger partial charge in [0.1, 0.15) is 10.7 Å². The Kier molecular flexibility index (Phi) is 4.17. The highest BCUT2D eigenvalue weighted by Crippen LogP contribution is 2.27. The lowest BCUT2D eigenvalue weighted by Crippen LogP contribution is -2.25. The summed E-state index contributed by atoms with van der Waals surface area (Å²) in [6.07, 6.45) is 1.75. The minimum Gasteiger partial charge on any atom is -0.448 e. The Hall–Kier alpha value is -1.86. The van der Waals surface area contributed by atoms with Crippen molar-refractivity contribution < 1.29 is 9.21 Å². The Morgan fingerprint density at radius 1 is 1.59 bits per heavy atom. The maximum Gasteiger partial charge on any atom is 0.268 e. The molecule has 1 amide bonds. The van der Waals surface area contributed by atoms with Crippen molar-refractivity contribution in [2.45, 2.75) is 20.0 Å². The number of aromatic nitrogens is 2. The number of thiazole rings is 1. The molecule has 0 saturated carbocycles. The minimum absolute atomic E-state index is 0.155. The average molecular weight is 380 g/mol. The molecule has 0 unspecified atom stereocenters. The minimum atomic E-state index is -0.155. The zero-order chi connectivity index (χ0) is 15.7. The van der Waals surface area contributed by atoms with Crippen molar-refractivity contribution >= 4 is 44.3 Å². The summed E-state index contributed by atoms with van der Waals surface area (Å²) in [5, 5.41) is 5.75. The van der Waals surface area contributed by atoms with E-state index in [1.54, 1.807) is 12.1 Å². The Balaban J connectivity index is 1.84. The highest BCUT2D eigenvalue weighted by atomic mass is 79.9. The van der Waals surface area contributed by atoms with Gasteiger partial charge in [-0.05, 0) is 22.9 Å². The number of nitrogens with zero attached hydrogens (tertiary/aromatic N) is 2. The molecule has 0 aliphatic heterocycles. The summed E-state index contributed by atoms with van der Waals surface area (Å²) in [6.45, 7) is 6.63. The summed E-state index contributed by atoms with van der Waals surface area (Å²) in [5.74, 6) is -0.155. The fourth-order valence-corrected chi connectivity index (χ4v) is 3.36. The molecule has 3 heterocycles. The highest BCUT2D eigenvalue weighted by Gasteiger charge is 2.18. The van der Waals surface area contributed by atoms with Crippen LogP contribution in [0.5, 0.6) is 0 Å². The second-order valence-corrected chi connectivity index (χ2v) is 6.52. The predicted molar refractivity (Wildman–Crippen MR) is 90.1 cm³/mol. The Bertz CT molecular complexity index is 846. The smallest absolute Gasteiger partial charge is 0.268 e. The van der Waals surface area contributed by atoms with E-state index < -0.39 is 0 Å². The Labute approximate surface area is 139 Å². The van der Waals surface area contributed by atoms with Gasteiger partial charge in [0.25, 0.3) is 5.91 Å². The van der Waals surface area contributed by atoms with E-state index in [1.165, 1.54) is 11.3 Å². The van der Waals surface area contributed by atoms with Crippen LogP contribution >= 0.6 is 27.3 Å². The second-order valence-electron chi connectivity index (χ2n) is 4.79. The maximum atomic E-state index is 12.4. The largest absolute Gasteiger partial charge is 0.448 e. The molecule has 22 heavy (non-hydrogen) atoms. The van der Waals surface area contributed by atoms with Gasteiger partial charge in [-0.3, -0.25) is 4.79 Å². The number of aryl methyl sites for hydroxylation is 1. The van der Waals surface area contributed by atoms with Crippen LogP contribution in [0.1, 0.15) is 21.2 Å². The van der Waals surface area contributed by atoms with Crippen molar-refractivity contribution in [2.75, 3.05) is 0 Å². The van der Waals surface area contributed by atoms with Crippen LogP contribution < -0.4 is 5.32 Å². The molecule has 3 aromatic heterocycles. The molecule has 1 N–H and O–H groups in total. The third-order valence-electron chi connectivity index (χ3n) is 3.17. The van der Waals surface area contributed by atoms with E-state index in [-0.39, 0.29) is 5.91 Å². The lowest BCUT2D eigenvalue weighted by Gasteiger charge is -2.07. The van der Waals surface area contributed by atoms with Crippen LogP contribution in [0.15, 0.2) is 39.3 Å². The van der Waals surface area contributed by atoms with E-state index in [9.17, 15) is 4.79 Å². The van der Waals surface area contributed by atoms with Crippen LogP contribution in [-0.2, 0) is 13.1 Å². The van der Waals surface area contributed by atoms with Gasteiger partial charge in [0.15, 0.2) is 10.3 Å². The molecule has 0 fully saturated rings. The molecule has 0 spiro atoms. The second kappa shape index (κ2) is 6.10. The van der Waals surface area contributed by atoms with E-state index in [0.29, 0.717) is 29.0 Å². The number of rotatable bonds is 5. The number of allylic oxidation sites excluding steroid dienone is 1. The van der Waals surface area contributed by atoms with Crippen molar-refractivity contribution in [3.63, 3.8) is 0 Å². The molecule has 0 radical (unpaired) electrons. The van der Waals surface area contributed by atoms with E-state index in [2.05, 4.69) is 32.8 Å². The van der Waals surface area contributed by atoms with E-state index >= 15 is 0 Å². The summed E-state index contributed by atoms with van der Waals surface area (Å²) in [5.41, 5.74) is 3.05. The first kappa shape index (κ1) is 15.1. The zero-order valence-corrected chi connectivity index (χ0v) is 14.3. The van der Waals surface area contributed by atoms with Gasteiger partial charge in [-0.2, -0.15) is 0 Å². The molecule has 5 nitrogen and oxygen atoms in total. The SMILES string of the molecule is C=CCn1c(C(=O)NCc2nc(C)cs2)cc2oc(Br)cc21. The topological polar surface area (TPSA) is 60.1 Å². The standard InChI is InChI=1S/C15H14BrN3O2S/c1-3-4-19-10-6-13(16)21-12(10)5-11(19)15(20)17-7-14-18-9(2)8-22-14/h3,5-6,8H,1,4,7H2,2H3,(H,17,20). The molecule has 3 rings (SSSR count). The fraction of sp³-hybridized carbons (Fsp3) is 0.200. The van der Waals surface area contributed by atoms with Crippen LogP contribution in [0.2, 0.25) is 0 Å². The molecule has 114 valence electrons. The molecular formula is C15H14BrN3O2S. The van der Waals surface area contributed by atoms with Crippen molar-refractivity contribution in [3.05, 3.63) is 51.2 Å². The van der Waals surface area contributed by atoms with Gasteiger partial charge >= 0.3 is 0 Å². The molecule has 0 atom stereocenters. The normalized spacial score (nSPS) is 11.0. The first-order valence-corrected chi connectivity index (χ1v) is 8.34. The van der Waals surface area contributed by atoms with E-state index in [1.807, 2.05) is 22.9 Å². The van der Waals surface area contributed by atoms with Crippen molar-refractivity contribution in [1.29, 1.82) is 0 Å². The number of furan rings is 1. The van der Waals surface area contributed by atoms with Gasteiger partial charge in [0.05, 0.1) is 12.1 Å². The number of nitrogens with one attached hydrogen (secondary N) is 1. The van der Waals surface area contributed by atoms with Gasteiger partial charge in [-0.1, -0.05) is 6.08 Å². The molecule has 0 saturated heterocycles. The number of fused-ring (bicyclic) bond motifs is 1. The Morgan fingerprint density at radius 2 is 2.41 bits per heavy atom. The number of hydrogen-bond acceptors (Lipinski definition) is 4.